The topological polar surface area (TPSA) is 67.6 Å². The summed E-state index contributed by atoms with van der Waals surface area (Å²) >= 11 is 0. The molecular weight excluding hydrogens is 278 g/mol. The first kappa shape index (κ1) is 17.7. The first-order valence-electron chi connectivity index (χ1n) is 8.74. The molecule has 2 aliphatic rings. The van der Waals surface area contributed by atoms with Gasteiger partial charge in [0.15, 0.2) is 0 Å². The molecule has 22 heavy (non-hydrogen) atoms. The van der Waals surface area contributed by atoms with E-state index in [0.29, 0.717) is 6.42 Å². The molecule has 0 aromatic carbocycles. The fourth-order valence-corrected chi connectivity index (χ4v) is 3.86. The number of amides is 1. The van der Waals surface area contributed by atoms with Crippen molar-refractivity contribution in [2.45, 2.75) is 76.5 Å². The zero-order valence-corrected chi connectivity index (χ0v) is 14.5. The molecule has 1 atom stereocenters. The van der Waals surface area contributed by atoms with E-state index < -0.39 is 0 Å². The number of carbonyl (C=O) groups excluding carboxylic acids is 1. The second-order valence-corrected chi connectivity index (χ2v) is 7.77. The third-order valence-corrected chi connectivity index (χ3v) is 5.00. The van der Waals surface area contributed by atoms with Gasteiger partial charge in [-0.2, -0.15) is 0 Å². The van der Waals surface area contributed by atoms with Gasteiger partial charge in [-0.15, -0.1) is 0 Å². The second-order valence-electron chi connectivity index (χ2n) is 7.77. The van der Waals surface area contributed by atoms with Crippen LogP contribution in [-0.4, -0.2) is 54.2 Å². The molecule has 0 bridgehead atoms. The fourth-order valence-electron chi connectivity index (χ4n) is 3.86. The van der Waals surface area contributed by atoms with E-state index in [9.17, 15) is 4.79 Å². The van der Waals surface area contributed by atoms with Crippen LogP contribution in [0.5, 0.6) is 0 Å². The smallest absolute Gasteiger partial charge is 0.221 e. The van der Waals surface area contributed by atoms with Crippen LogP contribution in [0.25, 0.3) is 0 Å². The molecule has 5 nitrogen and oxygen atoms in total. The average Bonchev–Trinajstić information content (AvgIpc) is 2.44. The number of ether oxygens (including phenoxy) is 1. The van der Waals surface area contributed by atoms with Gasteiger partial charge in [-0.05, 0) is 33.6 Å². The molecule has 0 spiro atoms. The minimum absolute atomic E-state index is 0.0764. The highest BCUT2D eigenvalue weighted by Crippen LogP contribution is 2.36. The predicted octanol–water partition coefficient (Wildman–Crippen LogP) is 1.65. The molecule has 1 saturated heterocycles. The third-order valence-electron chi connectivity index (χ3n) is 5.00. The van der Waals surface area contributed by atoms with E-state index in [0.717, 1.165) is 26.2 Å². The molecule has 2 rings (SSSR count). The number of nitrogens with two attached hydrogens (primary N) is 1. The Morgan fingerprint density at radius 3 is 2.59 bits per heavy atom. The highest BCUT2D eigenvalue weighted by Gasteiger charge is 2.42. The summed E-state index contributed by atoms with van der Waals surface area (Å²) in [6.45, 7) is 9.62. The van der Waals surface area contributed by atoms with E-state index in [4.69, 9.17) is 10.5 Å². The summed E-state index contributed by atoms with van der Waals surface area (Å²) < 4.78 is 5.86. The number of carbonyl (C=O) groups is 1. The van der Waals surface area contributed by atoms with Crippen LogP contribution < -0.4 is 11.1 Å². The Morgan fingerprint density at radius 1 is 1.32 bits per heavy atom. The van der Waals surface area contributed by atoms with Crippen molar-refractivity contribution in [3.05, 3.63) is 0 Å². The van der Waals surface area contributed by atoms with Crippen molar-refractivity contribution >= 4 is 5.91 Å². The van der Waals surface area contributed by atoms with Crippen molar-refractivity contribution in [2.24, 2.45) is 5.73 Å². The molecule has 1 unspecified atom stereocenters. The Labute approximate surface area is 134 Å². The first-order valence-corrected chi connectivity index (χ1v) is 8.74. The highest BCUT2D eigenvalue weighted by atomic mass is 16.5. The predicted molar refractivity (Wildman–Crippen MR) is 88.7 cm³/mol. The molecule has 1 aliphatic carbocycles. The number of morpholine rings is 1. The summed E-state index contributed by atoms with van der Waals surface area (Å²) in [5, 5.41) is 3.15. The van der Waals surface area contributed by atoms with E-state index in [1.807, 2.05) is 6.92 Å². The van der Waals surface area contributed by atoms with Gasteiger partial charge in [0.1, 0.15) is 0 Å². The van der Waals surface area contributed by atoms with E-state index in [1.54, 1.807) is 0 Å². The zero-order chi connectivity index (χ0) is 16.2. The minimum atomic E-state index is -0.0987. The van der Waals surface area contributed by atoms with Gasteiger partial charge in [0.05, 0.1) is 12.2 Å². The summed E-state index contributed by atoms with van der Waals surface area (Å²) in [7, 11) is 0. The van der Waals surface area contributed by atoms with Crippen molar-refractivity contribution in [1.82, 2.24) is 10.2 Å². The van der Waals surface area contributed by atoms with Crippen LogP contribution in [0.4, 0.5) is 0 Å². The van der Waals surface area contributed by atoms with Crippen molar-refractivity contribution in [3.8, 4) is 0 Å². The largest absolute Gasteiger partial charge is 0.373 e. The van der Waals surface area contributed by atoms with E-state index in [1.165, 1.54) is 32.1 Å². The van der Waals surface area contributed by atoms with Crippen LogP contribution in [-0.2, 0) is 9.53 Å². The quantitative estimate of drug-likeness (QED) is 0.810. The molecule has 3 N–H and O–H groups in total. The standard InChI is InChI=1S/C17H33N3O2/c1-14(18)11-15(21)19-12-17(7-5-4-6-8-17)20-9-10-22-16(2,3)13-20/h14H,4-13,18H2,1-3H3,(H,19,21). The van der Waals surface area contributed by atoms with E-state index in [-0.39, 0.29) is 23.1 Å². The number of nitrogens with zero attached hydrogens (tertiary/aromatic N) is 1. The maximum absolute atomic E-state index is 12.0. The maximum Gasteiger partial charge on any atom is 0.221 e. The SMILES string of the molecule is CC(N)CC(=O)NCC1(N2CCOC(C)(C)C2)CCCCC1. The minimum Gasteiger partial charge on any atom is -0.373 e. The van der Waals surface area contributed by atoms with Crippen LogP contribution in [0, 0.1) is 0 Å². The highest BCUT2D eigenvalue weighted by molar-refractivity contribution is 5.76. The lowest BCUT2D eigenvalue weighted by atomic mass is 9.79. The Hall–Kier alpha value is -0.650. The van der Waals surface area contributed by atoms with Crippen LogP contribution in [0.2, 0.25) is 0 Å². The van der Waals surface area contributed by atoms with Crippen molar-refractivity contribution in [1.29, 1.82) is 0 Å². The van der Waals surface area contributed by atoms with Gasteiger partial charge >= 0.3 is 0 Å². The lowest BCUT2D eigenvalue weighted by Crippen LogP contribution is -2.63. The zero-order valence-electron chi connectivity index (χ0n) is 14.5. The lowest BCUT2D eigenvalue weighted by Gasteiger charge is -2.51. The molecule has 1 heterocycles. The van der Waals surface area contributed by atoms with Gasteiger partial charge in [-0.25, -0.2) is 0 Å². The normalized spacial score (nSPS) is 26.4. The van der Waals surface area contributed by atoms with Crippen LogP contribution in [0.1, 0.15) is 59.3 Å². The average molecular weight is 311 g/mol. The summed E-state index contributed by atoms with van der Waals surface area (Å²) in [4.78, 5) is 14.6. The number of hydrogen-bond acceptors (Lipinski definition) is 4. The molecule has 1 saturated carbocycles. The summed E-state index contributed by atoms with van der Waals surface area (Å²) in [5.74, 6) is 0.0764. The van der Waals surface area contributed by atoms with Crippen LogP contribution in [0.15, 0.2) is 0 Å². The Bertz CT molecular complexity index is 376. The fraction of sp³-hybridized carbons (Fsp3) is 0.941. The number of hydrogen-bond donors (Lipinski definition) is 2. The molecule has 5 heteroatoms. The van der Waals surface area contributed by atoms with Gasteiger partial charge in [0.25, 0.3) is 0 Å². The van der Waals surface area contributed by atoms with Gasteiger partial charge in [0.2, 0.25) is 5.91 Å². The molecule has 0 aromatic heterocycles. The van der Waals surface area contributed by atoms with Gasteiger partial charge in [-0.1, -0.05) is 19.3 Å². The van der Waals surface area contributed by atoms with Gasteiger partial charge in [0, 0.05) is 37.6 Å². The number of nitrogens with one attached hydrogen (secondary N) is 1. The van der Waals surface area contributed by atoms with E-state index in [2.05, 4.69) is 24.1 Å². The molecular formula is C17H33N3O2. The van der Waals surface area contributed by atoms with Crippen LogP contribution in [0.3, 0.4) is 0 Å². The van der Waals surface area contributed by atoms with Crippen molar-refractivity contribution in [2.75, 3.05) is 26.2 Å². The summed E-state index contributed by atoms with van der Waals surface area (Å²) in [6, 6.07) is -0.0791. The monoisotopic (exact) mass is 311 g/mol. The third kappa shape index (κ3) is 4.67. The number of rotatable bonds is 5. The van der Waals surface area contributed by atoms with Crippen molar-refractivity contribution in [3.63, 3.8) is 0 Å². The Balaban J connectivity index is 2.02. The molecule has 2 fully saturated rings. The van der Waals surface area contributed by atoms with Crippen molar-refractivity contribution < 1.29 is 9.53 Å². The summed E-state index contributed by atoms with van der Waals surface area (Å²) in [5.41, 5.74) is 5.73. The molecule has 0 radical (unpaired) electrons. The molecule has 128 valence electrons. The first-order chi connectivity index (χ1) is 10.3. The van der Waals surface area contributed by atoms with Gasteiger partial charge in [-0.3, -0.25) is 9.69 Å². The lowest BCUT2D eigenvalue weighted by molar-refractivity contribution is -0.129. The Kier molecular flexibility index (Phi) is 5.86. The summed E-state index contributed by atoms with van der Waals surface area (Å²) in [6.07, 6.45) is 6.55. The molecule has 1 aliphatic heterocycles. The van der Waals surface area contributed by atoms with Crippen LogP contribution >= 0.6 is 0 Å². The second kappa shape index (κ2) is 7.28. The maximum atomic E-state index is 12.0. The Morgan fingerprint density at radius 2 is 2.00 bits per heavy atom. The van der Waals surface area contributed by atoms with Gasteiger partial charge < -0.3 is 15.8 Å². The molecule has 1 amide bonds. The molecule has 0 aromatic rings. The van der Waals surface area contributed by atoms with E-state index >= 15 is 0 Å².